The van der Waals surface area contributed by atoms with Crippen LogP contribution in [-0.4, -0.2) is 53.8 Å². The summed E-state index contributed by atoms with van der Waals surface area (Å²) in [6.45, 7) is 9.65. The average Bonchev–Trinajstić information content (AvgIpc) is 2.48. The highest BCUT2D eigenvalue weighted by atomic mass is 19.2. The number of rotatable bonds is 4. The van der Waals surface area contributed by atoms with E-state index >= 15 is 0 Å². The van der Waals surface area contributed by atoms with Gasteiger partial charge in [0, 0.05) is 31.2 Å². The first-order valence-electron chi connectivity index (χ1n) is 7.41. The van der Waals surface area contributed by atoms with Gasteiger partial charge >= 0.3 is 0 Å². The molecule has 2 atom stereocenters. The van der Waals surface area contributed by atoms with E-state index < -0.39 is 11.6 Å². The maximum Gasteiger partial charge on any atom is 0.179 e. The summed E-state index contributed by atoms with van der Waals surface area (Å²) >= 11 is 0. The molecule has 0 amide bonds. The third-order valence-corrected chi connectivity index (χ3v) is 4.33. The number of carbonyl (C=O) groups excluding carboxylic acids is 1. The molecular weight excluding hydrogens is 274 g/mol. The average molecular weight is 296 g/mol. The second-order valence-electron chi connectivity index (χ2n) is 5.64. The van der Waals surface area contributed by atoms with Crippen molar-refractivity contribution in [3.05, 3.63) is 35.4 Å². The zero-order valence-electron chi connectivity index (χ0n) is 12.8. The molecule has 0 aliphatic carbocycles. The number of benzene rings is 1. The van der Waals surface area contributed by atoms with Gasteiger partial charge < -0.3 is 0 Å². The maximum atomic E-state index is 13.3. The normalized spacial score (nSPS) is 22.2. The van der Waals surface area contributed by atoms with Crippen LogP contribution in [0.15, 0.2) is 18.2 Å². The molecule has 1 aliphatic rings. The van der Waals surface area contributed by atoms with Crippen LogP contribution >= 0.6 is 0 Å². The van der Waals surface area contributed by atoms with Crippen molar-refractivity contribution in [2.45, 2.75) is 32.9 Å². The van der Waals surface area contributed by atoms with Gasteiger partial charge in [0.25, 0.3) is 0 Å². The third-order valence-electron chi connectivity index (χ3n) is 4.33. The van der Waals surface area contributed by atoms with Gasteiger partial charge in [-0.2, -0.15) is 0 Å². The molecule has 0 N–H and O–H groups in total. The number of carbonyl (C=O) groups is 1. The van der Waals surface area contributed by atoms with Crippen molar-refractivity contribution in [2.75, 3.05) is 26.2 Å². The summed E-state index contributed by atoms with van der Waals surface area (Å²) in [4.78, 5) is 16.9. The van der Waals surface area contributed by atoms with Gasteiger partial charge in [-0.05, 0) is 38.6 Å². The molecule has 0 spiro atoms. The molecule has 0 saturated carbocycles. The lowest BCUT2D eigenvalue weighted by molar-refractivity contribution is 0.0533. The van der Waals surface area contributed by atoms with Gasteiger partial charge in [-0.1, -0.05) is 6.92 Å². The Bertz CT molecular complexity index is 521. The highest BCUT2D eigenvalue weighted by molar-refractivity contribution is 5.99. The Labute approximate surface area is 124 Å². The third kappa shape index (κ3) is 3.47. The first-order chi connectivity index (χ1) is 9.93. The van der Waals surface area contributed by atoms with Crippen LogP contribution < -0.4 is 0 Å². The molecule has 1 aromatic rings. The predicted molar refractivity (Wildman–Crippen MR) is 78.4 cm³/mol. The Morgan fingerprint density at radius 1 is 1.33 bits per heavy atom. The molecule has 0 bridgehead atoms. The van der Waals surface area contributed by atoms with Gasteiger partial charge in [-0.25, -0.2) is 8.78 Å². The van der Waals surface area contributed by atoms with Crippen LogP contribution in [-0.2, 0) is 0 Å². The summed E-state index contributed by atoms with van der Waals surface area (Å²) in [5, 5.41) is 0. The molecule has 1 saturated heterocycles. The quantitative estimate of drug-likeness (QED) is 0.798. The Morgan fingerprint density at radius 3 is 2.62 bits per heavy atom. The van der Waals surface area contributed by atoms with Crippen molar-refractivity contribution in [3.8, 4) is 0 Å². The van der Waals surface area contributed by atoms with Crippen LogP contribution in [0.5, 0.6) is 0 Å². The van der Waals surface area contributed by atoms with Crippen molar-refractivity contribution in [1.29, 1.82) is 0 Å². The van der Waals surface area contributed by atoms with E-state index in [-0.39, 0.29) is 17.4 Å². The van der Waals surface area contributed by atoms with Crippen molar-refractivity contribution in [2.24, 2.45) is 0 Å². The number of hydrogen-bond donors (Lipinski definition) is 0. The molecule has 0 aromatic heterocycles. The number of halogens is 2. The van der Waals surface area contributed by atoms with E-state index in [2.05, 4.69) is 23.6 Å². The number of Topliss-reactive ketones (excluding diaryl/α,β-unsaturated/α-hetero) is 1. The molecule has 21 heavy (non-hydrogen) atoms. The van der Waals surface area contributed by atoms with Crippen molar-refractivity contribution >= 4 is 5.78 Å². The van der Waals surface area contributed by atoms with Gasteiger partial charge in [0.15, 0.2) is 17.4 Å². The summed E-state index contributed by atoms with van der Waals surface area (Å²) in [6, 6.07) is 3.41. The van der Waals surface area contributed by atoms with Crippen molar-refractivity contribution < 1.29 is 13.6 Å². The number of likely N-dealkylation sites (N-methyl/N-ethyl adjacent to an activating group) is 1. The van der Waals surface area contributed by atoms with Crippen LogP contribution in [0.3, 0.4) is 0 Å². The Kier molecular flexibility index (Phi) is 5.06. The fourth-order valence-corrected chi connectivity index (χ4v) is 2.90. The molecule has 1 heterocycles. The summed E-state index contributed by atoms with van der Waals surface area (Å²) in [5.41, 5.74) is 0.229. The van der Waals surface area contributed by atoms with E-state index in [9.17, 15) is 13.6 Å². The molecule has 2 unspecified atom stereocenters. The van der Waals surface area contributed by atoms with Gasteiger partial charge in [0.2, 0.25) is 0 Å². The molecule has 1 fully saturated rings. The maximum absolute atomic E-state index is 13.3. The van der Waals surface area contributed by atoms with E-state index in [1.54, 1.807) is 0 Å². The fourth-order valence-electron chi connectivity index (χ4n) is 2.90. The first kappa shape index (κ1) is 16.0. The number of hydrogen-bond acceptors (Lipinski definition) is 3. The standard InChI is InChI=1S/C16H22F2N2O/c1-4-19-7-8-20(10-11(19)2)12(3)16(21)13-5-6-14(17)15(18)9-13/h5-6,9,11-12H,4,7-8,10H2,1-3H3. The molecule has 1 aromatic carbocycles. The highest BCUT2D eigenvalue weighted by Gasteiger charge is 2.29. The molecule has 116 valence electrons. The van der Waals surface area contributed by atoms with Gasteiger partial charge in [0.1, 0.15) is 0 Å². The first-order valence-corrected chi connectivity index (χ1v) is 7.41. The summed E-state index contributed by atoms with van der Waals surface area (Å²) in [6.07, 6.45) is 0. The second-order valence-corrected chi connectivity index (χ2v) is 5.64. The Balaban J connectivity index is 2.07. The minimum atomic E-state index is -0.975. The van der Waals surface area contributed by atoms with E-state index in [1.807, 2.05) is 6.92 Å². The number of ketones is 1. The van der Waals surface area contributed by atoms with Crippen LogP contribution in [0.1, 0.15) is 31.1 Å². The molecule has 2 rings (SSSR count). The number of piperazine rings is 1. The molecule has 3 nitrogen and oxygen atoms in total. The Hall–Kier alpha value is -1.33. The van der Waals surface area contributed by atoms with Crippen molar-refractivity contribution in [3.63, 3.8) is 0 Å². The summed E-state index contributed by atoms with van der Waals surface area (Å²) in [5.74, 6) is -2.06. The topological polar surface area (TPSA) is 23.6 Å². The minimum absolute atomic E-state index is 0.161. The zero-order valence-corrected chi connectivity index (χ0v) is 12.8. The number of nitrogens with zero attached hydrogens (tertiary/aromatic N) is 2. The smallest absolute Gasteiger partial charge is 0.179 e. The highest BCUT2D eigenvalue weighted by Crippen LogP contribution is 2.17. The van der Waals surface area contributed by atoms with Gasteiger partial charge in [-0.15, -0.1) is 0 Å². The van der Waals surface area contributed by atoms with Crippen LogP contribution in [0.4, 0.5) is 8.78 Å². The van der Waals surface area contributed by atoms with Crippen LogP contribution in [0.2, 0.25) is 0 Å². The van der Waals surface area contributed by atoms with Gasteiger partial charge in [-0.3, -0.25) is 14.6 Å². The van der Waals surface area contributed by atoms with Crippen LogP contribution in [0.25, 0.3) is 0 Å². The lowest BCUT2D eigenvalue weighted by Gasteiger charge is -2.41. The molecular formula is C16H22F2N2O. The molecule has 1 aliphatic heterocycles. The SMILES string of the molecule is CCN1CCN(C(C)C(=O)c2ccc(F)c(F)c2)CC1C. The predicted octanol–water partition coefficient (Wildman–Crippen LogP) is 2.56. The van der Waals surface area contributed by atoms with E-state index in [4.69, 9.17) is 0 Å². The minimum Gasteiger partial charge on any atom is -0.298 e. The van der Waals surface area contributed by atoms with E-state index in [0.717, 1.165) is 38.3 Å². The van der Waals surface area contributed by atoms with E-state index in [1.165, 1.54) is 6.07 Å². The zero-order chi connectivity index (χ0) is 15.6. The lowest BCUT2D eigenvalue weighted by Crippen LogP contribution is -2.55. The summed E-state index contributed by atoms with van der Waals surface area (Å²) in [7, 11) is 0. The molecule has 5 heteroatoms. The second kappa shape index (κ2) is 6.62. The largest absolute Gasteiger partial charge is 0.298 e. The lowest BCUT2D eigenvalue weighted by atomic mass is 10.0. The monoisotopic (exact) mass is 296 g/mol. The fraction of sp³-hybridized carbons (Fsp3) is 0.562. The van der Waals surface area contributed by atoms with Crippen LogP contribution in [0, 0.1) is 11.6 Å². The van der Waals surface area contributed by atoms with E-state index in [0.29, 0.717) is 6.04 Å². The summed E-state index contributed by atoms with van der Waals surface area (Å²) < 4.78 is 26.2. The molecule has 0 radical (unpaired) electrons. The Morgan fingerprint density at radius 2 is 2.05 bits per heavy atom. The van der Waals surface area contributed by atoms with Gasteiger partial charge in [0.05, 0.1) is 6.04 Å². The van der Waals surface area contributed by atoms with Crippen molar-refractivity contribution in [1.82, 2.24) is 9.80 Å².